The maximum Gasteiger partial charge on any atom is 0.449 e. The summed E-state index contributed by atoms with van der Waals surface area (Å²) in [5.41, 5.74) is -1.15. The standard InChI is InChI=1S/C13H12F3NO5S/c1-3-22-12(20)7(10(18)13(14,15)16)4-17-9-6-23-5-8(9)11(19)21-2/h4-6,18H,3H2,1-2H3. The van der Waals surface area contributed by atoms with Crippen molar-refractivity contribution >= 4 is 35.2 Å². The fourth-order valence-electron chi connectivity index (χ4n) is 1.36. The number of aliphatic imine (C=N–C) groups is 1. The van der Waals surface area contributed by atoms with Crippen LogP contribution in [0.2, 0.25) is 0 Å². The largest absolute Gasteiger partial charge is 0.504 e. The lowest BCUT2D eigenvalue weighted by molar-refractivity contribution is -0.141. The summed E-state index contributed by atoms with van der Waals surface area (Å²) in [6, 6.07) is 0. The summed E-state index contributed by atoms with van der Waals surface area (Å²) in [5.74, 6) is -4.25. The Hall–Kier alpha value is -2.36. The number of alkyl halides is 3. The Morgan fingerprint density at radius 3 is 2.57 bits per heavy atom. The van der Waals surface area contributed by atoms with Crippen molar-refractivity contribution in [1.29, 1.82) is 0 Å². The van der Waals surface area contributed by atoms with Crippen molar-refractivity contribution in [2.24, 2.45) is 4.99 Å². The number of hydrogen-bond donors (Lipinski definition) is 1. The topological polar surface area (TPSA) is 85.2 Å². The maximum atomic E-state index is 12.6. The minimum atomic E-state index is -5.14. The molecule has 23 heavy (non-hydrogen) atoms. The van der Waals surface area contributed by atoms with Gasteiger partial charge in [0, 0.05) is 17.0 Å². The van der Waals surface area contributed by atoms with Crippen molar-refractivity contribution in [3.63, 3.8) is 0 Å². The van der Waals surface area contributed by atoms with Crippen LogP contribution >= 0.6 is 11.3 Å². The third kappa shape index (κ3) is 4.81. The maximum absolute atomic E-state index is 12.6. The molecular weight excluding hydrogens is 339 g/mol. The van der Waals surface area contributed by atoms with Gasteiger partial charge in [-0.05, 0) is 6.92 Å². The van der Waals surface area contributed by atoms with Gasteiger partial charge in [-0.15, -0.1) is 11.3 Å². The first-order valence-corrected chi connectivity index (χ1v) is 7.02. The molecule has 0 atom stereocenters. The van der Waals surface area contributed by atoms with E-state index in [-0.39, 0.29) is 17.9 Å². The molecule has 6 nitrogen and oxygen atoms in total. The Balaban J connectivity index is 3.24. The van der Waals surface area contributed by atoms with E-state index in [9.17, 15) is 22.8 Å². The van der Waals surface area contributed by atoms with Crippen LogP contribution in [0.15, 0.2) is 27.1 Å². The van der Waals surface area contributed by atoms with E-state index in [4.69, 9.17) is 5.11 Å². The molecule has 0 radical (unpaired) electrons. The van der Waals surface area contributed by atoms with E-state index in [0.717, 1.165) is 18.4 Å². The molecule has 0 aliphatic heterocycles. The molecule has 0 aliphatic carbocycles. The average molecular weight is 351 g/mol. The molecule has 1 aromatic heterocycles. The lowest BCUT2D eigenvalue weighted by Gasteiger charge is -2.09. The van der Waals surface area contributed by atoms with Gasteiger partial charge in [0.25, 0.3) is 0 Å². The van der Waals surface area contributed by atoms with Crippen molar-refractivity contribution in [2.75, 3.05) is 13.7 Å². The summed E-state index contributed by atoms with van der Waals surface area (Å²) in [6.07, 6.45) is -4.65. The van der Waals surface area contributed by atoms with Gasteiger partial charge in [-0.3, -0.25) is 4.99 Å². The number of halogens is 3. The van der Waals surface area contributed by atoms with Crippen LogP contribution in [0, 0.1) is 0 Å². The summed E-state index contributed by atoms with van der Waals surface area (Å²) < 4.78 is 46.7. The van der Waals surface area contributed by atoms with Crippen LogP contribution in [0.25, 0.3) is 0 Å². The van der Waals surface area contributed by atoms with Crippen molar-refractivity contribution in [1.82, 2.24) is 0 Å². The first kappa shape index (κ1) is 18.7. The van der Waals surface area contributed by atoms with Crippen molar-refractivity contribution in [3.05, 3.63) is 27.7 Å². The predicted octanol–water partition coefficient (Wildman–Crippen LogP) is 3.17. The van der Waals surface area contributed by atoms with E-state index >= 15 is 0 Å². The van der Waals surface area contributed by atoms with Gasteiger partial charge in [0.1, 0.15) is 5.57 Å². The second-order valence-electron chi connectivity index (χ2n) is 3.90. The number of rotatable bonds is 5. The van der Waals surface area contributed by atoms with Crippen molar-refractivity contribution in [2.45, 2.75) is 13.1 Å². The van der Waals surface area contributed by atoms with Crippen molar-refractivity contribution < 1.29 is 37.3 Å². The molecule has 1 rings (SSSR count). The Kier molecular flexibility index (Phi) is 6.31. The van der Waals surface area contributed by atoms with Gasteiger partial charge >= 0.3 is 18.1 Å². The molecule has 0 bridgehead atoms. The fraction of sp³-hybridized carbons (Fsp3) is 0.308. The average Bonchev–Trinajstić information content (AvgIpc) is 2.94. The SMILES string of the molecule is CCOC(=O)C(C=Nc1cscc1C(=O)OC)=C(O)C(F)(F)F. The first-order chi connectivity index (χ1) is 10.7. The number of nitrogens with zero attached hydrogens (tertiary/aromatic N) is 1. The molecule has 0 amide bonds. The molecule has 1 aromatic rings. The van der Waals surface area contributed by atoms with Crippen LogP contribution in [0.1, 0.15) is 17.3 Å². The molecule has 126 valence electrons. The molecule has 0 fully saturated rings. The van der Waals surface area contributed by atoms with E-state index in [0.29, 0.717) is 6.21 Å². The molecular formula is C13H12F3NO5S. The van der Waals surface area contributed by atoms with Gasteiger partial charge in [0.05, 0.1) is 25.0 Å². The third-order valence-corrected chi connectivity index (χ3v) is 3.13. The van der Waals surface area contributed by atoms with Crippen LogP contribution in [0.4, 0.5) is 18.9 Å². The highest BCUT2D eigenvalue weighted by Gasteiger charge is 2.38. The van der Waals surface area contributed by atoms with Gasteiger partial charge in [-0.25, -0.2) is 9.59 Å². The molecule has 0 aromatic carbocycles. The zero-order valence-electron chi connectivity index (χ0n) is 12.0. The normalized spacial score (nSPS) is 12.9. The van der Waals surface area contributed by atoms with Gasteiger partial charge in [0.2, 0.25) is 5.76 Å². The lowest BCUT2D eigenvalue weighted by Crippen LogP contribution is -2.20. The first-order valence-electron chi connectivity index (χ1n) is 6.08. The highest BCUT2D eigenvalue weighted by molar-refractivity contribution is 7.08. The summed E-state index contributed by atoms with van der Waals surface area (Å²) in [6.45, 7) is 1.21. The molecule has 0 unspecified atom stereocenters. The number of ether oxygens (including phenoxy) is 2. The van der Waals surface area contributed by atoms with E-state index in [1.807, 2.05) is 0 Å². The molecule has 0 saturated heterocycles. The van der Waals surface area contributed by atoms with Gasteiger partial charge in [-0.2, -0.15) is 13.2 Å². The second kappa shape index (κ2) is 7.77. The van der Waals surface area contributed by atoms with Gasteiger partial charge in [0.15, 0.2) is 0 Å². The summed E-state index contributed by atoms with van der Waals surface area (Å²) in [5, 5.41) is 11.9. The zero-order valence-corrected chi connectivity index (χ0v) is 12.8. The quantitative estimate of drug-likeness (QED) is 0.381. The Morgan fingerprint density at radius 2 is 2.04 bits per heavy atom. The molecule has 0 spiro atoms. The van der Waals surface area contributed by atoms with Gasteiger partial charge < -0.3 is 14.6 Å². The third-order valence-electron chi connectivity index (χ3n) is 2.40. The number of aliphatic hydroxyl groups excluding tert-OH is 1. The van der Waals surface area contributed by atoms with Crippen LogP contribution in [-0.4, -0.2) is 43.2 Å². The van der Waals surface area contributed by atoms with Crippen LogP contribution < -0.4 is 0 Å². The second-order valence-corrected chi connectivity index (χ2v) is 4.64. The number of methoxy groups -OCH3 is 1. The van der Waals surface area contributed by atoms with Crippen molar-refractivity contribution in [3.8, 4) is 0 Å². The molecule has 0 aliphatic rings. The van der Waals surface area contributed by atoms with E-state index in [1.165, 1.54) is 17.7 Å². The summed E-state index contributed by atoms with van der Waals surface area (Å²) in [4.78, 5) is 26.6. The monoisotopic (exact) mass is 351 g/mol. The lowest BCUT2D eigenvalue weighted by atomic mass is 10.2. The van der Waals surface area contributed by atoms with Gasteiger partial charge in [-0.1, -0.05) is 0 Å². The Bertz CT molecular complexity index is 648. The Labute approximate surface area is 132 Å². The zero-order chi connectivity index (χ0) is 17.6. The molecule has 1 N–H and O–H groups in total. The van der Waals surface area contributed by atoms with E-state index < -0.39 is 29.4 Å². The van der Waals surface area contributed by atoms with E-state index in [1.54, 1.807) is 0 Å². The molecule has 1 heterocycles. The van der Waals surface area contributed by atoms with Crippen LogP contribution in [-0.2, 0) is 14.3 Å². The van der Waals surface area contributed by atoms with Crippen LogP contribution in [0.5, 0.6) is 0 Å². The number of thiophene rings is 1. The fourth-order valence-corrected chi connectivity index (χ4v) is 2.10. The summed E-state index contributed by atoms with van der Waals surface area (Å²) >= 11 is 1.06. The number of carbonyl (C=O) groups is 2. The van der Waals surface area contributed by atoms with Crippen LogP contribution in [0.3, 0.4) is 0 Å². The number of allylic oxidation sites excluding steroid dienone is 1. The predicted molar refractivity (Wildman–Crippen MR) is 76.2 cm³/mol. The minimum Gasteiger partial charge on any atom is -0.504 e. The van der Waals surface area contributed by atoms with E-state index in [2.05, 4.69) is 14.5 Å². The number of aliphatic hydroxyl groups is 1. The molecule has 10 heteroatoms. The number of hydrogen-bond acceptors (Lipinski definition) is 7. The number of carbonyl (C=O) groups excluding carboxylic acids is 2. The number of esters is 2. The smallest absolute Gasteiger partial charge is 0.449 e. The Morgan fingerprint density at radius 1 is 1.39 bits per heavy atom. The minimum absolute atomic E-state index is 0.00128. The molecule has 0 saturated carbocycles. The summed E-state index contributed by atoms with van der Waals surface area (Å²) in [7, 11) is 1.13. The highest BCUT2D eigenvalue weighted by atomic mass is 32.1. The highest BCUT2D eigenvalue weighted by Crippen LogP contribution is 2.28.